The summed E-state index contributed by atoms with van der Waals surface area (Å²) in [6, 6.07) is 10.1. The summed E-state index contributed by atoms with van der Waals surface area (Å²) in [7, 11) is 1.66. The van der Waals surface area contributed by atoms with Crippen molar-refractivity contribution in [2.75, 3.05) is 7.11 Å². The average molecular weight is 407 g/mol. The summed E-state index contributed by atoms with van der Waals surface area (Å²) >= 11 is 0. The highest BCUT2D eigenvalue weighted by Crippen LogP contribution is 2.41. The third-order valence-corrected chi connectivity index (χ3v) is 5.77. The van der Waals surface area contributed by atoms with Gasteiger partial charge in [-0.2, -0.15) is 5.10 Å². The van der Waals surface area contributed by atoms with Crippen molar-refractivity contribution >= 4 is 16.9 Å². The first kappa shape index (κ1) is 20.4. The molecule has 0 spiro atoms. The molecule has 1 aromatic carbocycles. The number of ether oxygens (including phenoxy) is 1. The second-order valence-electron chi connectivity index (χ2n) is 8.73. The largest absolute Gasteiger partial charge is 0.497 e. The number of hydrogen-bond acceptors (Lipinski definition) is 4. The van der Waals surface area contributed by atoms with Gasteiger partial charge in [0.25, 0.3) is 5.91 Å². The minimum absolute atomic E-state index is 0.00531. The quantitative estimate of drug-likeness (QED) is 0.598. The number of nitrogens with zero attached hydrogens (tertiary/aromatic N) is 3. The predicted octanol–water partition coefficient (Wildman–Crippen LogP) is 5.03. The first-order valence-corrected chi connectivity index (χ1v) is 10.7. The molecule has 3 aromatic rings. The molecule has 0 radical (unpaired) electrons. The van der Waals surface area contributed by atoms with Gasteiger partial charge < -0.3 is 10.1 Å². The number of methoxy groups -OCH3 is 1. The summed E-state index contributed by atoms with van der Waals surface area (Å²) in [6.45, 7) is 8.33. The van der Waals surface area contributed by atoms with Crippen LogP contribution in [0.15, 0.2) is 36.5 Å². The van der Waals surface area contributed by atoms with Crippen LogP contribution < -0.4 is 10.1 Å². The van der Waals surface area contributed by atoms with E-state index in [0.717, 1.165) is 40.9 Å². The number of amides is 1. The van der Waals surface area contributed by atoms with Gasteiger partial charge in [-0.15, -0.1) is 0 Å². The molecule has 4 rings (SSSR count). The Kier molecular flexibility index (Phi) is 5.50. The van der Waals surface area contributed by atoms with Crippen LogP contribution in [0.3, 0.4) is 0 Å². The van der Waals surface area contributed by atoms with Crippen molar-refractivity contribution in [3.05, 3.63) is 53.3 Å². The third kappa shape index (κ3) is 3.91. The van der Waals surface area contributed by atoms with Crippen molar-refractivity contribution in [2.24, 2.45) is 5.92 Å². The van der Waals surface area contributed by atoms with Crippen LogP contribution in [-0.2, 0) is 0 Å². The molecule has 2 aromatic heterocycles. The molecule has 1 aliphatic carbocycles. The molecule has 6 nitrogen and oxygen atoms in total. The monoisotopic (exact) mass is 406 g/mol. The van der Waals surface area contributed by atoms with E-state index in [4.69, 9.17) is 9.72 Å². The van der Waals surface area contributed by atoms with Crippen molar-refractivity contribution in [2.45, 2.75) is 58.5 Å². The summed E-state index contributed by atoms with van der Waals surface area (Å²) in [5, 5.41) is 8.60. The number of fused-ring (bicyclic) bond motifs is 1. The molecule has 158 valence electrons. The number of benzene rings is 1. The molecule has 1 aliphatic rings. The minimum atomic E-state index is -0.0691. The Bertz CT molecular complexity index is 1050. The van der Waals surface area contributed by atoms with Gasteiger partial charge in [0.15, 0.2) is 5.65 Å². The molecule has 2 heterocycles. The van der Waals surface area contributed by atoms with Gasteiger partial charge >= 0.3 is 0 Å². The number of hydrogen-bond donors (Lipinski definition) is 1. The summed E-state index contributed by atoms with van der Waals surface area (Å²) < 4.78 is 7.17. The molecule has 0 bridgehead atoms. The van der Waals surface area contributed by atoms with Crippen LogP contribution in [-0.4, -0.2) is 27.8 Å². The van der Waals surface area contributed by atoms with E-state index in [1.807, 2.05) is 35.0 Å². The van der Waals surface area contributed by atoms with Crippen LogP contribution in [0.4, 0.5) is 0 Å². The van der Waals surface area contributed by atoms with Gasteiger partial charge in [-0.1, -0.05) is 26.0 Å². The predicted molar refractivity (Wildman–Crippen MR) is 118 cm³/mol. The first-order chi connectivity index (χ1) is 14.4. The van der Waals surface area contributed by atoms with E-state index in [2.05, 4.69) is 38.1 Å². The minimum Gasteiger partial charge on any atom is -0.497 e. The van der Waals surface area contributed by atoms with Gasteiger partial charge in [-0.25, -0.2) is 9.67 Å². The van der Waals surface area contributed by atoms with E-state index in [-0.39, 0.29) is 23.9 Å². The van der Waals surface area contributed by atoms with E-state index in [9.17, 15) is 4.79 Å². The van der Waals surface area contributed by atoms with Crippen LogP contribution in [0.1, 0.15) is 80.2 Å². The second kappa shape index (κ2) is 8.09. The maximum atomic E-state index is 13.5. The fourth-order valence-corrected chi connectivity index (χ4v) is 3.83. The smallest absolute Gasteiger partial charge is 0.252 e. The molecule has 1 saturated carbocycles. The normalized spacial score (nSPS) is 15.0. The molecule has 6 heteroatoms. The first-order valence-electron chi connectivity index (χ1n) is 10.7. The molecule has 1 fully saturated rings. The lowest BCUT2D eigenvalue weighted by atomic mass is 10.0. The summed E-state index contributed by atoms with van der Waals surface area (Å²) in [4.78, 5) is 18.3. The molecule has 0 saturated heterocycles. The lowest BCUT2D eigenvalue weighted by molar-refractivity contribution is 0.0933. The number of rotatable bonds is 7. The molecular formula is C24H30N4O2. The van der Waals surface area contributed by atoms with E-state index in [1.54, 1.807) is 13.3 Å². The van der Waals surface area contributed by atoms with Crippen molar-refractivity contribution in [3.8, 4) is 5.75 Å². The standard InChI is InChI=1S/C24H30N4O2/c1-14(2)21-12-19(20-13-25-28(15(3)4)23(20)26-21)24(29)27-22(16-6-7-16)17-8-10-18(30-5)11-9-17/h8-16,22H,6-7H2,1-5H3,(H,27,29). The average Bonchev–Trinajstić information content (AvgIpc) is 3.48. The maximum absolute atomic E-state index is 13.5. The van der Waals surface area contributed by atoms with Gasteiger partial charge in [-0.05, 0) is 62.3 Å². The summed E-state index contributed by atoms with van der Waals surface area (Å²) in [6.07, 6.45) is 4.03. The number of aromatic nitrogens is 3. The summed E-state index contributed by atoms with van der Waals surface area (Å²) in [5.41, 5.74) is 3.44. The van der Waals surface area contributed by atoms with Crippen molar-refractivity contribution < 1.29 is 9.53 Å². The third-order valence-electron chi connectivity index (χ3n) is 5.77. The second-order valence-corrected chi connectivity index (χ2v) is 8.73. The SMILES string of the molecule is COc1ccc(C(NC(=O)c2cc(C(C)C)nc3c2cnn3C(C)C)C2CC2)cc1. The van der Waals surface area contributed by atoms with Gasteiger partial charge in [0.2, 0.25) is 0 Å². The van der Waals surface area contributed by atoms with Crippen LogP contribution in [0.25, 0.3) is 11.0 Å². The van der Waals surface area contributed by atoms with Gasteiger partial charge in [0.05, 0.1) is 30.3 Å². The lowest BCUT2D eigenvalue weighted by Gasteiger charge is -2.20. The summed E-state index contributed by atoms with van der Waals surface area (Å²) in [5.74, 6) is 1.44. The number of carbonyl (C=O) groups excluding carboxylic acids is 1. The molecule has 30 heavy (non-hydrogen) atoms. The fourth-order valence-electron chi connectivity index (χ4n) is 3.83. The van der Waals surface area contributed by atoms with E-state index >= 15 is 0 Å². The number of pyridine rings is 1. The van der Waals surface area contributed by atoms with Crippen molar-refractivity contribution in [1.82, 2.24) is 20.1 Å². The van der Waals surface area contributed by atoms with Crippen molar-refractivity contribution in [1.29, 1.82) is 0 Å². The molecule has 1 amide bonds. The maximum Gasteiger partial charge on any atom is 0.252 e. The highest BCUT2D eigenvalue weighted by molar-refractivity contribution is 6.05. The number of carbonyl (C=O) groups is 1. The Labute approximate surface area is 177 Å². The van der Waals surface area contributed by atoms with Gasteiger partial charge in [-0.3, -0.25) is 4.79 Å². The molecular weight excluding hydrogens is 376 g/mol. The highest BCUT2D eigenvalue weighted by Gasteiger charge is 2.34. The zero-order valence-corrected chi connectivity index (χ0v) is 18.3. The van der Waals surface area contributed by atoms with Crippen LogP contribution in [0.5, 0.6) is 5.75 Å². The Morgan fingerprint density at radius 2 is 1.87 bits per heavy atom. The molecule has 1 unspecified atom stereocenters. The van der Waals surface area contributed by atoms with Crippen LogP contribution in [0.2, 0.25) is 0 Å². The van der Waals surface area contributed by atoms with Gasteiger partial charge in [0, 0.05) is 11.7 Å². The highest BCUT2D eigenvalue weighted by atomic mass is 16.5. The van der Waals surface area contributed by atoms with Crippen LogP contribution >= 0.6 is 0 Å². The number of nitrogens with one attached hydrogen (secondary N) is 1. The fraction of sp³-hybridized carbons (Fsp3) is 0.458. The zero-order chi connectivity index (χ0) is 21.4. The van der Waals surface area contributed by atoms with Crippen LogP contribution in [0, 0.1) is 5.92 Å². The van der Waals surface area contributed by atoms with E-state index < -0.39 is 0 Å². The molecule has 1 atom stereocenters. The van der Waals surface area contributed by atoms with Crippen molar-refractivity contribution in [3.63, 3.8) is 0 Å². The van der Waals surface area contributed by atoms with Gasteiger partial charge in [0.1, 0.15) is 5.75 Å². The van der Waals surface area contributed by atoms with E-state index in [0.29, 0.717) is 11.5 Å². The molecule has 0 aliphatic heterocycles. The zero-order valence-electron chi connectivity index (χ0n) is 18.3. The Morgan fingerprint density at radius 1 is 1.17 bits per heavy atom. The Hall–Kier alpha value is -2.89. The Balaban J connectivity index is 1.70. The van der Waals surface area contributed by atoms with E-state index in [1.165, 1.54) is 0 Å². The topological polar surface area (TPSA) is 69.0 Å². The Morgan fingerprint density at radius 3 is 2.43 bits per heavy atom. The molecule has 1 N–H and O–H groups in total. The lowest BCUT2D eigenvalue weighted by Crippen LogP contribution is -2.30.